The van der Waals surface area contributed by atoms with Crippen molar-refractivity contribution in [3.05, 3.63) is 0 Å². The molecule has 0 aromatic carbocycles. The first-order chi connectivity index (χ1) is 3.71. The number of halogens is 1. The number of phosphoric acid groups is 1. The molecule has 0 aromatic heterocycles. The molecule has 3 N–H and O–H groups in total. The van der Waals surface area contributed by atoms with Crippen LogP contribution in [0.5, 0.6) is 0 Å². The highest BCUT2D eigenvalue weighted by molar-refractivity contribution is 7.84. The Bertz CT molecular complexity index is 151. The summed E-state index contributed by atoms with van der Waals surface area (Å²) in [6.45, 7) is -4.58. The minimum atomic E-state index is -4.93. The topological polar surface area (TPSA) is 104 Å². The first-order valence-electron chi connectivity index (χ1n) is 1.50. The van der Waals surface area contributed by atoms with Crippen LogP contribution in [0.25, 0.3) is 0 Å². The minimum absolute atomic E-state index is 3.17. The van der Waals surface area contributed by atoms with E-state index in [-0.39, 0.29) is 0 Å². The van der Waals surface area contributed by atoms with Crippen LogP contribution < -0.4 is 0 Å². The Morgan fingerprint density at radius 3 is 1.56 bits per heavy atom. The second-order valence-corrected chi connectivity index (χ2v) is 4.84. The lowest BCUT2D eigenvalue weighted by Crippen LogP contribution is -1.80. The first kappa shape index (κ1) is 9.59. The fourth-order valence-corrected chi connectivity index (χ4v) is 1.90. The maximum Gasteiger partial charge on any atom is 0.477 e. The van der Waals surface area contributed by atoms with Gasteiger partial charge in [0.25, 0.3) is 0 Å². The zero-order valence-corrected chi connectivity index (χ0v) is 6.38. The predicted molar refractivity (Wildman–Crippen MR) is 28.8 cm³/mol. The molecule has 0 amide bonds. The van der Waals surface area contributed by atoms with Crippen LogP contribution in [0.2, 0.25) is 0 Å². The fourth-order valence-electron chi connectivity index (χ4n) is 0.131. The molecule has 1 unspecified atom stereocenters. The fraction of sp³-hybridized carbons (Fsp3) is 0. The average molecular weight is 196 g/mol. The Hall–Kier alpha value is 0.590. The van der Waals surface area contributed by atoms with Crippen LogP contribution in [0.3, 0.4) is 0 Å². The third-order valence-electron chi connectivity index (χ3n) is 0.207. The zero-order valence-electron chi connectivity index (χ0n) is 3.84. The van der Waals surface area contributed by atoms with Crippen LogP contribution >= 0.6 is 26.0 Å². The van der Waals surface area contributed by atoms with Gasteiger partial charge >= 0.3 is 14.8 Å². The molecule has 1 atom stereocenters. The normalized spacial score (nSPS) is 19.1. The van der Waals surface area contributed by atoms with E-state index in [1.807, 2.05) is 0 Å². The van der Waals surface area contributed by atoms with E-state index in [4.69, 9.17) is 14.7 Å². The quantitative estimate of drug-likeness (QED) is 0.554. The highest BCUT2D eigenvalue weighted by atomic mass is 35.7. The molecule has 0 rings (SSSR count). The van der Waals surface area contributed by atoms with Crippen molar-refractivity contribution in [1.29, 1.82) is 0 Å². The third kappa shape index (κ3) is 8.59. The molecule has 0 aliphatic heterocycles. The second kappa shape index (κ2) is 2.68. The van der Waals surface area contributed by atoms with Crippen molar-refractivity contribution in [3.63, 3.8) is 0 Å². The molecule has 0 bridgehead atoms. The number of hydrogen-bond donors (Lipinski definition) is 3. The van der Waals surface area contributed by atoms with Crippen molar-refractivity contribution < 1.29 is 28.1 Å². The minimum Gasteiger partial charge on any atom is -0.312 e. The summed E-state index contributed by atoms with van der Waals surface area (Å²) in [4.78, 5) is 23.6. The monoisotopic (exact) mass is 196 g/mol. The largest absolute Gasteiger partial charge is 0.477 e. The molecule has 0 aliphatic rings. The van der Waals surface area contributed by atoms with Crippen molar-refractivity contribution >= 4 is 26.0 Å². The van der Waals surface area contributed by atoms with E-state index in [1.165, 1.54) is 0 Å². The molecule has 6 nitrogen and oxygen atoms in total. The molecular formula is H3ClO6P2. The van der Waals surface area contributed by atoms with Crippen LogP contribution in [0.15, 0.2) is 0 Å². The molecule has 0 saturated heterocycles. The van der Waals surface area contributed by atoms with Gasteiger partial charge in [-0.15, -0.1) is 0 Å². The van der Waals surface area contributed by atoms with Crippen LogP contribution in [0.1, 0.15) is 0 Å². The van der Waals surface area contributed by atoms with E-state index in [0.717, 1.165) is 0 Å². The molecule has 9 heavy (non-hydrogen) atoms. The molecule has 0 aromatic rings. The van der Waals surface area contributed by atoms with E-state index in [0.29, 0.717) is 0 Å². The highest BCUT2D eigenvalue weighted by Gasteiger charge is 2.27. The lowest BCUT2D eigenvalue weighted by atomic mass is 15.7. The Balaban J connectivity index is 4.07. The second-order valence-electron chi connectivity index (χ2n) is 1.02. The molecule has 9 heteroatoms. The zero-order chi connectivity index (χ0) is 7.71. The summed E-state index contributed by atoms with van der Waals surface area (Å²) in [5.41, 5.74) is 0. The van der Waals surface area contributed by atoms with Gasteiger partial charge in [0.1, 0.15) is 0 Å². The average Bonchev–Trinajstić information content (AvgIpc) is 1.14. The summed E-state index contributed by atoms with van der Waals surface area (Å²) in [5, 5.41) is 0. The van der Waals surface area contributed by atoms with Gasteiger partial charge in [-0.05, 0) is 0 Å². The lowest BCUT2D eigenvalue weighted by Gasteiger charge is -2.03. The van der Waals surface area contributed by atoms with Crippen molar-refractivity contribution in [1.82, 2.24) is 0 Å². The molecule has 0 heterocycles. The van der Waals surface area contributed by atoms with E-state index in [2.05, 4.69) is 15.6 Å². The van der Waals surface area contributed by atoms with Gasteiger partial charge in [0, 0.05) is 11.2 Å². The Morgan fingerprint density at radius 1 is 1.22 bits per heavy atom. The summed E-state index contributed by atoms with van der Waals surface area (Å²) in [6, 6.07) is 0. The smallest absolute Gasteiger partial charge is 0.312 e. The lowest BCUT2D eigenvalue weighted by molar-refractivity contribution is 0.270. The first-order valence-corrected chi connectivity index (χ1v) is 5.51. The van der Waals surface area contributed by atoms with Gasteiger partial charge in [-0.2, -0.15) is 4.31 Å². The van der Waals surface area contributed by atoms with Crippen LogP contribution in [-0.4, -0.2) is 14.7 Å². The van der Waals surface area contributed by atoms with E-state index < -0.39 is 14.8 Å². The Labute approximate surface area is 55.0 Å². The van der Waals surface area contributed by atoms with Crippen LogP contribution in [0.4, 0.5) is 0 Å². The van der Waals surface area contributed by atoms with Gasteiger partial charge in [-0.25, -0.2) is 9.13 Å². The maximum absolute atomic E-state index is 9.84. The SMILES string of the molecule is O=P(O)(O)OP(=O)(O)Cl. The molecule has 0 aliphatic carbocycles. The summed E-state index contributed by atoms with van der Waals surface area (Å²) in [6.07, 6.45) is 0. The molecular weight excluding hydrogens is 193 g/mol. The van der Waals surface area contributed by atoms with Crippen molar-refractivity contribution in [2.45, 2.75) is 0 Å². The maximum atomic E-state index is 9.84. The van der Waals surface area contributed by atoms with Crippen molar-refractivity contribution in [2.75, 3.05) is 0 Å². The van der Waals surface area contributed by atoms with Gasteiger partial charge in [-0.3, -0.25) is 0 Å². The van der Waals surface area contributed by atoms with Gasteiger partial charge in [-0.1, -0.05) is 0 Å². The molecule has 0 fully saturated rings. The Kier molecular flexibility index (Phi) is 2.86. The summed E-state index contributed by atoms with van der Waals surface area (Å²) in [7, 11) is -4.93. The molecule has 0 saturated carbocycles. The van der Waals surface area contributed by atoms with Gasteiger partial charge in [0.2, 0.25) is 0 Å². The molecule has 0 radical (unpaired) electrons. The summed E-state index contributed by atoms with van der Waals surface area (Å²) >= 11 is 4.41. The van der Waals surface area contributed by atoms with E-state index in [9.17, 15) is 9.13 Å². The van der Waals surface area contributed by atoms with E-state index in [1.54, 1.807) is 0 Å². The highest BCUT2D eigenvalue weighted by Crippen LogP contribution is 2.60. The Morgan fingerprint density at radius 2 is 1.56 bits per heavy atom. The third-order valence-corrected chi connectivity index (χ3v) is 2.42. The predicted octanol–water partition coefficient (Wildman–Crippen LogP) is 0.435. The van der Waals surface area contributed by atoms with Crippen LogP contribution in [-0.2, 0) is 13.4 Å². The standard InChI is InChI=1S/ClH3O6P2/c1-8(2,3)7-9(4,5)6/h(H,2,3)(H2,4,5,6). The molecule has 56 valence electrons. The molecule has 0 spiro atoms. The number of rotatable bonds is 2. The summed E-state index contributed by atoms with van der Waals surface area (Å²) in [5.74, 6) is 0. The van der Waals surface area contributed by atoms with E-state index >= 15 is 0 Å². The van der Waals surface area contributed by atoms with Gasteiger partial charge < -0.3 is 14.7 Å². The van der Waals surface area contributed by atoms with Gasteiger partial charge in [0.15, 0.2) is 0 Å². The van der Waals surface area contributed by atoms with Gasteiger partial charge in [0.05, 0.1) is 0 Å². The summed E-state index contributed by atoms with van der Waals surface area (Å²) < 4.78 is 22.7. The van der Waals surface area contributed by atoms with Crippen LogP contribution in [0, 0.1) is 0 Å². The van der Waals surface area contributed by atoms with Crippen molar-refractivity contribution in [3.8, 4) is 0 Å². The van der Waals surface area contributed by atoms with Crippen molar-refractivity contribution in [2.24, 2.45) is 0 Å². The number of hydrogen-bond acceptors (Lipinski definition) is 3.